The molecule has 4 aromatic rings. The van der Waals surface area contributed by atoms with Crippen LogP contribution in [0.25, 0.3) is 0 Å². The zero-order valence-corrected chi connectivity index (χ0v) is 25.2. The molecule has 2 amide bonds. The smallest absolute Gasteiger partial charge is 0.305 e. The summed E-state index contributed by atoms with van der Waals surface area (Å²) in [7, 11) is 0. The molecule has 3 aromatic carbocycles. The lowest BCUT2D eigenvalue weighted by atomic mass is 9.68. The van der Waals surface area contributed by atoms with E-state index in [0.29, 0.717) is 12.3 Å². The molecule has 1 aromatic heterocycles. The van der Waals surface area contributed by atoms with E-state index in [9.17, 15) is 24.5 Å². The number of hydrogen-bond donors (Lipinski definition) is 1. The van der Waals surface area contributed by atoms with Gasteiger partial charge in [0.2, 0.25) is 11.8 Å². The van der Waals surface area contributed by atoms with E-state index in [0.717, 1.165) is 38.8 Å². The minimum absolute atomic E-state index is 0.0288. The molecule has 9 nitrogen and oxygen atoms in total. The third-order valence-corrected chi connectivity index (χ3v) is 12.4. The van der Waals surface area contributed by atoms with Crippen LogP contribution < -0.4 is 14.5 Å². The first-order valence-electron chi connectivity index (χ1n) is 14.6. The molecule has 5 unspecified atom stereocenters. The first kappa shape index (κ1) is 27.3. The Labute approximate surface area is 260 Å². The van der Waals surface area contributed by atoms with E-state index in [4.69, 9.17) is 4.74 Å². The number of fused-ring (bicyclic) bond motifs is 9. The molecular weight excluding hydrogens is 599 g/mol. The normalized spacial score (nSPS) is 28.1. The minimum Gasteiger partial charge on any atom is -0.489 e. The molecule has 0 radical (unpaired) electrons. The van der Waals surface area contributed by atoms with Crippen molar-refractivity contribution in [2.75, 3.05) is 4.90 Å². The summed E-state index contributed by atoms with van der Waals surface area (Å²) in [4.78, 5) is 56.4. The topological polar surface area (TPSA) is 123 Å². The van der Waals surface area contributed by atoms with Gasteiger partial charge in [-0.15, -0.1) is 11.8 Å². The summed E-state index contributed by atoms with van der Waals surface area (Å²) in [6.07, 6.45) is 0.769. The molecule has 1 saturated heterocycles. The highest BCUT2D eigenvalue weighted by molar-refractivity contribution is 8.00. The molecule has 44 heavy (non-hydrogen) atoms. The number of amides is 2. The Bertz CT molecular complexity index is 1900. The number of non-ortho nitro benzene ring substituents is 1. The van der Waals surface area contributed by atoms with Crippen molar-refractivity contribution in [2.24, 2.45) is 29.6 Å². The predicted molar refractivity (Wildman–Crippen MR) is 166 cm³/mol. The number of aromatic amines is 1. The molecule has 7 atom stereocenters. The van der Waals surface area contributed by atoms with Crippen LogP contribution in [-0.4, -0.2) is 27.0 Å². The number of rotatable bonds is 6. The largest absolute Gasteiger partial charge is 0.489 e. The number of nitro groups is 1. The Balaban J connectivity index is 1.17. The molecule has 0 spiro atoms. The van der Waals surface area contributed by atoms with Gasteiger partial charge in [0.25, 0.3) is 5.69 Å². The first-order valence-corrected chi connectivity index (χ1v) is 16.3. The van der Waals surface area contributed by atoms with E-state index in [-0.39, 0.29) is 51.3 Å². The van der Waals surface area contributed by atoms with Crippen molar-refractivity contribution >= 4 is 46.3 Å². The number of H-pyrrole nitrogens is 1. The minimum atomic E-state index is -0.500. The lowest BCUT2D eigenvalue weighted by Crippen LogP contribution is -2.42. The quantitative estimate of drug-likeness (QED) is 0.161. The highest BCUT2D eigenvalue weighted by Crippen LogP contribution is 2.69. The molecule has 1 N–H and O–H groups in total. The Morgan fingerprint density at radius 2 is 1.73 bits per heavy atom. The Kier molecular flexibility index (Phi) is 6.32. The number of anilines is 1. The molecule has 11 heteroatoms. The van der Waals surface area contributed by atoms with Crippen molar-refractivity contribution in [1.29, 1.82) is 0 Å². The Morgan fingerprint density at radius 3 is 2.48 bits per heavy atom. The van der Waals surface area contributed by atoms with Crippen LogP contribution in [0.2, 0.25) is 0 Å². The van der Waals surface area contributed by atoms with Gasteiger partial charge in [-0.1, -0.05) is 59.4 Å². The summed E-state index contributed by atoms with van der Waals surface area (Å²) in [6.45, 7) is 2.45. The molecule has 3 fully saturated rings. The average molecular weight is 626 g/mol. The summed E-state index contributed by atoms with van der Waals surface area (Å²) in [5.41, 5.74) is 3.48. The van der Waals surface area contributed by atoms with Crippen molar-refractivity contribution in [3.05, 3.63) is 114 Å². The van der Waals surface area contributed by atoms with Crippen molar-refractivity contribution in [2.45, 2.75) is 36.1 Å². The van der Waals surface area contributed by atoms with Gasteiger partial charge >= 0.3 is 4.87 Å². The molecule has 8 rings (SSSR count). The monoisotopic (exact) mass is 625 g/mol. The van der Waals surface area contributed by atoms with Crippen LogP contribution in [0, 0.1) is 46.6 Å². The Hall–Kier alpha value is -4.22. The highest BCUT2D eigenvalue weighted by Gasteiger charge is 2.69. The number of nitrogens with zero attached hydrogens (tertiary/aromatic N) is 2. The molecule has 2 aliphatic carbocycles. The summed E-state index contributed by atoms with van der Waals surface area (Å²) < 4.78 is 6.44. The number of ether oxygens (including phenoxy) is 1. The molecular formula is C33H27N3O6S2. The van der Waals surface area contributed by atoms with Crippen LogP contribution >= 0.6 is 23.1 Å². The molecule has 2 aliphatic heterocycles. The van der Waals surface area contributed by atoms with E-state index in [1.807, 2.05) is 43.3 Å². The number of carbonyl (C=O) groups excluding carboxylic acids is 2. The van der Waals surface area contributed by atoms with Gasteiger partial charge in [-0.3, -0.25) is 29.4 Å². The fraction of sp³-hybridized carbons (Fsp3) is 0.303. The lowest BCUT2D eigenvalue weighted by Gasteiger charge is -2.43. The van der Waals surface area contributed by atoms with Crippen LogP contribution in [0.4, 0.5) is 11.4 Å². The number of nitro benzene ring substituents is 1. The number of nitrogens with one attached hydrogen (secondary N) is 1. The van der Waals surface area contributed by atoms with Crippen LogP contribution in [-0.2, 0) is 16.2 Å². The maximum Gasteiger partial charge on any atom is 0.305 e. The Morgan fingerprint density at radius 1 is 0.977 bits per heavy atom. The molecule has 2 bridgehead atoms. The van der Waals surface area contributed by atoms with Crippen LogP contribution in [0.5, 0.6) is 5.75 Å². The average Bonchev–Trinajstić information content (AvgIpc) is 3.75. The summed E-state index contributed by atoms with van der Waals surface area (Å²) >= 11 is 2.86. The van der Waals surface area contributed by atoms with Crippen LogP contribution in [0.3, 0.4) is 0 Å². The standard InChI is InChI=1S/C33H27N3O6S2/c1-16-5-4-6-17(13-16)15-42-23-8-3-2-7-20(23)24-25-21-14-22(28(25)43-30-29(24)44-33(39)34-30)27-26(21)31(37)35(32(27)38)18-9-11-19(12-10-18)36(40)41/h2-13,21-22,24-28H,14-15H2,1H3,(H,34,39)/t21-,22-,24?,25?,26?,27?,28?/m1/s1. The number of aryl methyl sites for hydroxylation is 1. The summed E-state index contributed by atoms with van der Waals surface area (Å²) in [5, 5.41) is 12.1. The lowest BCUT2D eigenvalue weighted by molar-refractivity contribution is -0.384. The van der Waals surface area contributed by atoms with E-state index in [1.165, 1.54) is 40.5 Å². The van der Waals surface area contributed by atoms with Gasteiger partial charge in [0.1, 0.15) is 12.4 Å². The van der Waals surface area contributed by atoms with Crippen molar-refractivity contribution < 1.29 is 19.2 Å². The van der Waals surface area contributed by atoms with Gasteiger partial charge in [-0.05, 0) is 54.9 Å². The number of para-hydroxylation sites is 1. The van der Waals surface area contributed by atoms with Gasteiger partial charge in [0.15, 0.2) is 0 Å². The van der Waals surface area contributed by atoms with E-state index < -0.39 is 16.8 Å². The highest BCUT2D eigenvalue weighted by atomic mass is 32.2. The maximum absolute atomic E-state index is 14.0. The fourth-order valence-electron chi connectivity index (χ4n) is 8.17. The first-order chi connectivity index (χ1) is 21.3. The van der Waals surface area contributed by atoms with Gasteiger partial charge < -0.3 is 9.72 Å². The second kappa shape index (κ2) is 10.2. The fourth-order valence-corrected chi connectivity index (χ4v) is 11.1. The molecule has 3 heterocycles. The van der Waals surface area contributed by atoms with Crippen molar-refractivity contribution in [3.63, 3.8) is 0 Å². The third-order valence-electron chi connectivity index (χ3n) is 9.77. The maximum atomic E-state index is 14.0. The van der Waals surface area contributed by atoms with Gasteiger partial charge in [0.05, 0.1) is 27.5 Å². The number of hydrogen-bond acceptors (Lipinski definition) is 8. The van der Waals surface area contributed by atoms with Crippen molar-refractivity contribution in [3.8, 4) is 5.75 Å². The number of aromatic nitrogens is 1. The number of benzene rings is 3. The second-order valence-corrected chi connectivity index (χ2v) is 14.3. The van der Waals surface area contributed by atoms with E-state index in [2.05, 4.69) is 17.1 Å². The van der Waals surface area contributed by atoms with E-state index >= 15 is 0 Å². The second-order valence-electron chi connectivity index (χ2n) is 12.1. The third kappa shape index (κ3) is 4.09. The van der Waals surface area contributed by atoms with Crippen molar-refractivity contribution in [1.82, 2.24) is 4.98 Å². The predicted octanol–water partition coefficient (Wildman–Crippen LogP) is 5.91. The molecule has 222 valence electrons. The zero-order valence-electron chi connectivity index (χ0n) is 23.5. The number of thioether (sulfide) groups is 1. The number of thiazole rings is 1. The van der Waals surface area contributed by atoms with Gasteiger partial charge in [0, 0.05) is 33.7 Å². The number of imide groups is 1. The summed E-state index contributed by atoms with van der Waals surface area (Å²) in [5.74, 6) is -0.854. The van der Waals surface area contributed by atoms with Crippen LogP contribution in [0.15, 0.2) is 82.6 Å². The SMILES string of the molecule is Cc1cccc(COc2ccccc2C2c3sc(=O)[nH]c3SC3C2[C@H]2C[C@@H]3C3C(=O)N(c4ccc([N+](=O)[O-])cc4)C(=O)C32)c1. The van der Waals surface area contributed by atoms with Gasteiger partial charge in [-0.2, -0.15) is 0 Å². The van der Waals surface area contributed by atoms with E-state index in [1.54, 1.807) is 11.8 Å². The molecule has 2 saturated carbocycles. The van der Waals surface area contributed by atoms with Crippen LogP contribution in [0.1, 0.15) is 33.9 Å². The van der Waals surface area contributed by atoms with Gasteiger partial charge in [-0.25, -0.2) is 0 Å². The molecule has 4 aliphatic rings. The number of carbonyl (C=O) groups is 2. The summed E-state index contributed by atoms with van der Waals surface area (Å²) in [6, 6.07) is 21.8. The zero-order chi connectivity index (χ0) is 30.3.